The molecule has 1 aliphatic carbocycles. The Morgan fingerprint density at radius 1 is 1.00 bits per heavy atom. The fourth-order valence-corrected chi connectivity index (χ4v) is 3.87. The minimum Gasteiger partial charge on any atom is -0.379 e. The smallest absolute Gasteiger partial charge is 0.0594 e. The molecule has 3 fully saturated rings. The normalized spacial score (nSPS) is 41.6. The van der Waals surface area contributed by atoms with Crippen LogP contribution in [-0.4, -0.2) is 49.8 Å². The van der Waals surface area contributed by atoms with Gasteiger partial charge in [-0.1, -0.05) is 12.8 Å². The Kier molecular flexibility index (Phi) is 3.46. The second-order valence-corrected chi connectivity index (χ2v) is 5.51. The van der Waals surface area contributed by atoms with E-state index in [0.29, 0.717) is 0 Å². The van der Waals surface area contributed by atoms with Crippen molar-refractivity contribution in [2.24, 2.45) is 5.92 Å². The molecule has 3 heteroatoms. The van der Waals surface area contributed by atoms with Crippen LogP contribution in [0.4, 0.5) is 0 Å². The molecular weight excluding hydrogens is 200 g/mol. The first-order chi connectivity index (χ1) is 7.95. The lowest BCUT2D eigenvalue weighted by Gasteiger charge is -2.47. The van der Waals surface area contributed by atoms with Gasteiger partial charge in [0, 0.05) is 25.2 Å². The molecule has 0 spiro atoms. The number of piperidine rings is 1. The van der Waals surface area contributed by atoms with Gasteiger partial charge in [0.25, 0.3) is 0 Å². The van der Waals surface area contributed by atoms with Gasteiger partial charge >= 0.3 is 0 Å². The molecule has 0 amide bonds. The minimum absolute atomic E-state index is 0.815. The summed E-state index contributed by atoms with van der Waals surface area (Å²) >= 11 is 0. The molecule has 16 heavy (non-hydrogen) atoms. The largest absolute Gasteiger partial charge is 0.379 e. The van der Waals surface area contributed by atoms with Crippen LogP contribution < -0.4 is 5.32 Å². The number of nitrogens with one attached hydrogen (secondary N) is 1. The van der Waals surface area contributed by atoms with Crippen LogP contribution in [0.25, 0.3) is 0 Å². The molecule has 3 aliphatic rings. The van der Waals surface area contributed by atoms with Gasteiger partial charge in [-0.05, 0) is 31.7 Å². The van der Waals surface area contributed by atoms with E-state index in [4.69, 9.17) is 4.74 Å². The van der Waals surface area contributed by atoms with Crippen molar-refractivity contribution in [2.45, 2.75) is 44.2 Å². The van der Waals surface area contributed by atoms with E-state index < -0.39 is 0 Å². The average molecular weight is 224 g/mol. The number of hydrogen-bond donors (Lipinski definition) is 1. The molecule has 0 aromatic heterocycles. The van der Waals surface area contributed by atoms with Gasteiger partial charge in [-0.25, -0.2) is 0 Å². The zero-order valence-corrected chi connectivity index (χ0v) is 10.2. The second-order valence-electron chi connectivity index (χ2n) is 5.51. The van der Waals surface area contributed by atoms with E-state index in [9.17, 15) is 0 Å². The minimum atomic E-state index is 0.815. The Labute approximate surface area is 98.5 Å². The number of nitrogens with zero attached hydrogens (tertiary/aromatic N) is 1. The van der Waals surface area contributed by atoms with Crippen LogP contribution >= 0.6 is 0 Å². The predicted molar refractivity (Wildman–Crippen MR) is 64.5 cm³/mol. The molecule has 1 N–H and O–H groups in total. The third kappa shape index (κ3) is 2.13. The van der Waals surface area contributed by atoms with Crippen LogP contribution in [0.3, 0.4) is 0 Å². The third-order valence-electron chi connectivity index (χ3n) is 4.67. The van der Waals surface area contributed by atoms with Crippen molar-refractivity contribution in [3.05, 3.63) is 0 Å². The monoisotopic (exact) mass is 224 g/mol. The summed E-state index contributed by atoms with van der Waals surface area (Å²) in [4.78, 5) is 2.70. The molecule has 92 valence electrons. The number of rotatable bonds is 1. The van der Waals surface area contributed by atoms with Crippen molar-refractivity contribution in [1.29, 1.82) is 0 Å². The van der Waals surface area contributed by atoms with E-state index >= 15 is 0 Å². The molecular formula is C13H24N2O. The molecule has 0 unspecified atom stereocenters. The Morgan fingerprint density at radius 2 is 1.81 bits per heavy atom. The van der Waals surface area contributed by atoms with Gasteiger partial charge in [0.05, 0.1) is 13.2 Å². The lowest BCUT2D eigenvalue weighted by molar-refractivity contribution is -0.0186. The van der Waals surface area contributed by atoms with Crippen LogP contribution in [0.2, 0.25) is 0 Å². The van der Waals surface area contributed by atoms with Crippen LogP contribution in [0.15, 0.2) is 0 Å². The first-order valence-corrected chi connectivity index (χ1v) is 7.00. The summed E-state index contributed by atoms with van der Waals surface area (Å²) in [7, 11) is 0. The van der Waals surface area contributed by atoms with Gasteiger partial charge in [0.15, 0.2) is 0 Å². The molecule has 2 saturated heterocycles. The summed E-state index contributed by atoms with van der Waals surface area (Å²) in [6, 6.07) is 1.66. The van der Waals surface area contributed by atoms with E-state index in [1.54, 1.807) is 0 Å². The van der Waals surface area contributed by atoms with E-state index in [1.165, 1.54) is 38.6 Å². The summed E-state index contributed by atoms with van der Waals surface area (Å²) in [6.07, 6.45) is 7.08. The fourth-order valence-electron chi connectivity index (χ4n) is 3.87. The van der Waals surface area contributed by atoms with E-state index in [0.717, 1.165) is 44.3 Å². The standard InChI is InChI=1S/C13H24N2O/c1-2-4-12-11(3-1)13(5-6-14-12)15-7-9-16-10-8-15/h11-14H,1-10H2/t11-,12-,13+/m1/s1. The third-order valence-corrected chi connectivity index (χ3v) is 4.67. The first kappa shape index (κ1) is 11.0. The topological polar surface area (TPSA) is 24.5 Å². The van der Waals surface area contributed by atoms with E-state index in [-0.39, 0.29) is 0 Å². The van der Waals surface area contributed by atoms with Crippen molar-refractivity contribution < 1.29 is 4.74 Å². The number of ether oxygens (including phenoxy) is 1. The van der Waals surface area contributed by atoms with E-state index in [2.05, 4.69) is 10.2 Å². The maximum atomic E-state index is 5.47. The highest BCUT2D eigenvalue weighted by atomic mass is 16.5. The molecule has 2 aliphatic heterocycles. The van der Waals surface area contributed by atoms with Crippen molar-refractivity contribution in [3.8, 4) is 0 Å². The van der Waals surface area contributed by atoms with Crippen molar-refractivity contribution in [2.75, 3.05) is 32.8 Å². The molecule has 3 atom stereocenters. The molecule has 3 rings (SSSR count). The highest BCUT2D eigenvalue weighted by Crippen LogP contribution is 2.33. The molecule has 2 heterocycles. The average Bonchev–Trinajstić information content (AvgIpc) is 2.39. The quantitative estimate of drug-likeness (QED) is 0.725. The zero-order chi connectivity index (χ0) is 10.8. The summed E-state index contributed by atoms with van der Waals surface area (Å²) < 4.78 is 5.47. The maximum Gasteiger partial charge on any atom is 0.0594 e. The van der Waals surface area contributed by atoms with Gasteiger partial charge in [-0.15, -0.1) is 0 Å². The highest BCUT2D eigenvalue weighted by Gasteiger charge is 2.37. The van der Waals surface area contributed by atoms with Crippen LogP contribution in [0.1, 0.15) is 32.1 Å². The van der Waals surface area contributed by atoms with Crippen LogP contribution in [0, 0.1) is 5.92 Å². The fraction of sp³-hybridized carbons (Fsp3) is 1.00. The van der Waals surface area contributed by atoms with Gasteiger partial charge in [-0.3, -0.25) is 4.90 Å². The predicted octanol–water partition coefficient (Wildman–Crippen LogP) is 1.24. The molecule has 0 aromatic carbocycles. The van der Waals surface area contributed by atoms with Crippen molar-refractivity contribution in [3.63, 3.8) is 0 Å². The SMILES string of the molecule is C1CC[C@H]2NCC[C@H](N3CCOCC3)[C@@H]2C1. The van der Waals surface area contributed by atoms with Gasteiger partial charge in [0.2, 0.25) is 0 Å². The number of morpholine rings is 1. The first-order valence-electron chi connectivity index (χ1n) is 7.00. The number of fused-ring (bicyclic) bond motifs is 1. The summed E-state index contributed by atoms with van der Waals surface area (Å²) in [5.74, 6) is 0.917. The molecule has 1 saturated carbocycles. The molecule has 0 bridgehead atoms. The Bertz CT molecular complexity index is 226. The maximum absolute atomic E-state index is 5.47. The zero-order valence-electron chi connectivity index (χ0n) is 10.2. The second kappa shape index (κ2) is 5.03. The molecule has 0 aromatic rings. The Morgan fingerprint density at radius 3 is 2.69 bits per heavy atom. The van der Waals surface area contributed by atoms with Gasteiger partial charge < -0.3 is 10.1 Å². The van der Waals surface area contributed by atoms with Crippen molar-refractivity contribution >= 4 is 0 Å². The lowest BCUT2D eigenvalue weighted by atomic mass is 9.76. The highest BCUT2D eigenvalue weighted by molar-refractivity contribution is 4.94. The number of hydrogen-bond acceptors (Lipinski definition) is 3. The molecule has 3 nitrogen and oxygen atoms in total. The Hall–Kier alpha value is -0.120. The summed E-state index contributed by atoms with van der Waals surface area (Å²) in [6.45, 7) is 5.44. The van der Waals surface area contributed by atoms with Crippen LogP contribution in [0.5, 0.6) is 0 Å². The van der Waals surface area contributed by atoms with Gasteiger partial charge in [-0.2, -0.15) is 0 Å². The van der Waals surface area contributed by atoms with Crippen LogP contribution in [-0.2, 0) is 4.74 Å². The van der Waals surface area contributed by atoms with Gasteiger partial charge in [0.1, 0.15) is 0 Å². The lowest BCUT2D eigenvalue weighted by Crippen LogP contribution is -2.57. The summed E-state index contributed by atoms with van der Waals surface area (Å²) in [5, 5.41) is 3.73. The molecule has 0 radical (unpaired) electrons. The van der Waals surface area contributed by atoms with E-state index in [1.807, 2.05) is 0 Å². The van der Waals surface area contributed by atoms with Crippen molar-refractivity contribution in [1.82, 2.24) is 10.2 Å². The summed E-state index contributed by atoms with van der Waals surface area (Å²) in [5.41, 5.74) is 0. The Balaban J connectivity index is 1.67.